The number of carbonyl (C=O) groups is 3. The van der Waals surface area contributed by atoms with E-state index in [4.69, 9.17) is 0 Å². The summed E-state index contributed by atoms with van der Waals surface area (Å²) in [7, 11) is 0. The number of nitrogens with zero attached hydrogens (tertiary/aromatic N) is 2. The number of halogens is 1. The van der Waals surface area contributed by atoms with E-state index >= 15 is 0 Å². The number of carbonyl (C=O) groups excluding carboxylic acids is 3. The third kappa shape index (κ3) is 4.11. The zero-order valence-corrected chi connectivity index (χ0v) is 17.9. The van der Waals surface area contributed by atoms with Crippen LogP contribution in [0, 0.1) is 5.82 Å². The summed E-state index contributed by atoms with van der Waals surface area (Å²) in [4.78, 5) is 37.2. The van der Waals surface area contributed by atoms with Crippen LogP contribution in [0.5, 0.6) is 0 Å². The number of urea groups is 1. The van der Waals surface area contributed by atoms with Crippen molar-refractivity contribution in [2.75, 3.05) is 6.54 Å². The number of amides is 4. The molecule has 0 fully saturated rings. The lowest BCUT2D eigenvalue weighted by Crippen LogP contribution is -2.42. The second kappa shape index (κ2) is 8.78. The van der Waals surface area contributed by atoms with Crippen molar-refractivity contribution in [3.63, 3.8) is 0 Å². The largest absolute Gasteiger partial charge is 0.332 e. The molecule has 8 nitrogen and oxygen atoms in total. The van der Waals surface area contributed by atoms with Crippen LogP contribution in [0.1, 0.15) is 27.5 Å². The molecule has 3 N–H and O–H groups in total. The first-order valence-corrected chi connectivity index (χ1v) is 10.6. The number of imide groups is 1. The van der Waals surface area contributed by atoms with Gasteiger partial charge in [-0.2, -0.15) is 5.10 Å². The summed E-state index contributed by atoms with van der Waals surface area (Å²) in [5.74, 6) is -0.777. The molecule has 34 heavy (non-hydrogen) atoms. The Kier molecular flexibility index (Phi) is 5.51. The molecule has 9 heteroatoms. The van der Waals surface area contributed by atoms with Crippen LogP contribution in [0.25, 0.3) is 22.0 Å². The van der Waals surface area contributed by atoms with Crippen LogP contribution in [0.2, 0.25) is 0 Å². The highest BCUT2D eigenvalue weighted by molar-refractivity contribution is 5.98. The van der Waals surface area contributed by atoms with Crippen LogP contribution in [0.4, 0.5) is 9.18 Å². The van der Waals surface area contributed by atoms with Gasteiger partial charge < -0.3 is 10.2 Å². The van der Waals surface area contributed by atoms with Gasteiger partial charge in [0, 0.05) is 24.0 Å². The summed E-state index contributed by atoms with van der Waals surface area (Å²) >= 11 is 0. The first-order chi connectivity index (χ1) is 16.5. The van der Waals surface area contributed by atoms with E-state index in [9.17, 15) is 18.8 Å². The lowest BCUT2D eigenvalue weighted by molar-refractivity contribution is -0.108. The minimum atomic E-state index is -0.676. The zero-order chi connectivity index (χ0) is 23.7. The molecule has 1 aliphatic rings. The number of nitrogens with one attached hydrogen (secondary N) is 3. The normalized spacial score (nSPS) is 13.6. The molecule has 5 rings (SSSR count). The molecule has 0 saturated heterocycles. The fraction of sp³-hybridized carbons (Fsp3) is 0.120. The van der Waals surface area contributed by atoms with Gasteiger partial charge in [-0.3, -0.25) is 20.0 Å². The number of H-pyrrole nitrogens is 1. The molecule has 0 aliphatic carbocycles. The molecular weight excluding hydrogens is 437 g/mol. The molecule has 0 radical (unpaired) electrons. The number of hydrogen-bond donors (Lipinski definition) is 3. The van der Waals surface area contributed by atoms with Crippen molar-refractivity contribution in [2.24, 2.45) is 0 Å². The highest BCUT2D eigenvalue weighted by Crippen LogP contribution is 2.28. The van der Waals surface area contributed by atoms with E-state index in [2.05, 4.69) is 20.8 Å². The number of fused-ring (bicyclic) bond motifs is 2. The molecule has 4 amide bonds. The lowest BCUT2D eigenvalue weighted by atomic mass is 9.99. The number of benzene rings is 3. The molecular formula is C25H20FN5O3. The van der Waals surface area contributed by atoms with E-state index in [0.717, 1.165) is 33.2 Å². The third-order valence-corrected chi connectivity index (χ3v) is 5.94. The van der Waals surface area contributed by atoms with Crippen LogP contribution in [-0.4, -0.2) is 40.0 Å². The van der Waals surface area contributed by atoms with Crippen molar-refractivity contribution >= 4 is 29.3 Å². The van der Waals surface area contributed by atoms with E-state index in [1.165, 1.54) is 12.1 Å². The van der Waals surface area contributed by atoms with Gasteiger partial charge in [-0.05, 0) is 46.5 Å². The average Bonchev–Trinajstić information content (AvgIpc) is 3.43. The number of hydrogen-bond acceptors (Lipinski definition) is 4. The second-order valence-corrected chi connectivity index (χ2v) is 8.07. The maximum absolute atomic E-state index is 13.6. The summed E-state index contributed by atoms with van der Waals surface area (Å²) in [6, 6.07) is 16.4. The quantitative estimate of drug-likeness (QED) is 0.385. The van der Waals surface area contributed by atoms with Crippen molar-refractivity contribution < 1.29 is 18.8 Å². The van der Waals surface area contributed by atoms with Gasteiger partial charge in [-0.25, -0.2) is 9.18 Å². The fourth-order valence-electron chi connectivity index (χ4n) is 4.22. The van der Waals surface area contributed by atoms with Gasteiger partial charge in [0.2, 0.25) is 6.41 Å². The predicted molar refractivity (Wildman–Crippen MR) is 123 cm³/mol. The van der Waals surface area contributed by atoms with E-state index in [1.807, 2.05) is 42.5 Å². The average molecular weight is 457 g/mol. The van der Waals surface area contributed by atoms with Gasteiger partial charge in [-0.1, -0.05) is 36.4 Å². The standard InChI is InChI=1S/C25H20FN5O3/c26-20-7-5-18-12-31(24(33)21(18)10-20)13-23(29-25(34)27-14-32)16-3-1-15(2-4-16)17-6-8-22-19(9-17)11-28-30-22/h1-11,14,23H,12-13H2,(H,28,30)(H2,27,29,32,34)/t23-/m0/s1. The minimum Gasteiger partial charge on any atom is -0.332 e. The number of aromatic amines is 1. The zero-order valence-electron chi connectivity index (χ0n) is 17.9. The Morgan fingerprint density at radius 1 is 1.12 bits per heavy atom. The van der Waals surface area contributed by atoms with Gasteiger partial charge in [0.25, 0.3) is 5.91 Å². The van der Waals surface area contributed by atoms with Crippen molar-refractivity contribution in [1.82, 2.24) is 25.7 Å². The van der Waals surface area contributed by atoms with Gasteiger partial charge in [0.1, 0.15) is 5.82 Å². The molecule has 1 atom stereocenters. The summed E-state index contributed by atoms with van der Waals surface area (Å²) in [5, 5.41) is 12.8. The highest BCUT2D eigenvalue weighted by Gasteiger charge is 2.30. The smallest absolute Gasteiger partial charge is 0.321 e. The van der Waals surface area contributed by atoms with E-state index in [1.54, 1.807) is 17.2 Å². The number of rotatable bonds is 6. The predicted octanol–water partition coefficient (Wildman–Crippen LogP) is 3.52. The maximum Gasteiger partial charge on any atom is 0.321 e. The molecule has 0 spiro atoms. The SMILES string of the molecule is O=CNC(=O)N[C@@H](CN1Cc2ccc(F)cc2C1=O)c1ccc(-c2ccc3[nH]ncc3c2)cc1. The molecule has 0 saturated carbocycles. The Morgan fingerprint density at radius 3 is 2.71 bits per heavy atom. The van der Waals surface area contributed by atoms with Crippen LogP contribution >= 0.6 is 0 Å². The van der Waals surface area contributed by atoms with Gasteiger partial charge in [0.05, 0.1) is 17.8 Å². The van der Waals surface area contributed by atoms with Crippen molar-refractivity contribution in [1.29, 1.82) is 0 Å². The summed E-state index contributed by atoms with van der Waals surface area (Å²) in [5.41, 5.74) is 4.73. The Hall–Kier alpha value is -4.53. The molecule has 2 heterocycles. The van der Waals surface area contributed by atoms with Crippen molar-refractivity contribution in [2.45, 2.75) is 12.6 Å². The van der Waals surface area contributed by atoms with Crippen LogP contribution in [-0.2, 0) is 11.3 Å². The highest BCUT2D eigenvalue weighted by atomic mass is 19.1. The van der Waals surface area contributed by atoms with Gasteiger partial charge >= 0.3 is 6.03 Å². The first-order valence-electron chi connectivity index (χ1n) is 10.6. The second-order valence-electron chi connectivity index (χ2n) is 8.07. The molecule has 0 unspecified atom stereocenters. The molecule has 3 aromatic carbocycles. The molecule has 1 aromatic heterocycles. The lowest BCUT2D eigenvalue weighted by Gasteiger charge is -2.25. The van der Waals surface area contributed by atoms with E-state index in [0.29, 0.717) is 18.5 Å². The van der Waals surface area contributed by atoms with E-state index < -0.39 is 17.9 Å². The van der Waals surface area contributed by atoms with E-state index in [-0.39, 0.29) is 12.5 Å². The minimum absolute atomic E-state index is 0.154. The van der Waals surface area contributed by atoms with Crippen LogP contribution < -0.4 is 10.6 Å². The maximum atomic E-state index is 13.6. The molecule has 1 aliphatic heterocycles. The summed E-state index contributed by atoms with van der Waals surface area (Å²) < 4.78 is 13.6. The monoisotopic (exact) mass is 457 g/mol. The topological polar surface area (TPSA) is 107 Å². The molecule has 0 bridgehead atoms. The summed E-state index contributed by atoms with van der Waals surface area (Å²) in [6.07, 6.45) is 2.05. The number of aromatic nitrogens is 2. The van der Waals surface area contributed by atoms with Gasteiger partial charge in [0.15, 0.2) is 0 Å². The Morgan fingerprint density at radius 2 is 1.91 bits per heavy atom. The Bertz CT molecular complexity index is 1400. The summed E-state index contributed by atoms with van der Waals surface area (Å²) in [6.45, 7) is 0.465. The molecule has 4 aromatic rings. The first kappa shape index (κ1) is 21.3. The van der Waals surface area contributed by atoms with Crippen molar-refractivity contribution in [3.05, 3.63) is 89.4 Å². The molecule has 170 valence electrons. The third-order valence-electron chi connectivity index (χ3n) is 5.94. The Balaban J connectivity index is 1.39. The fourth-order valence-corrected chi connectivity index (χ4v) is 4.22. The van der Waals surface area contributed by atoms with Crippen molar-refractivity contribution in [3.8, 4) is 11.1 Å². The van der Waals surface area contributed by atoms with Crippen LogP contribution in [0.15, 0.2) is 66.9 Å². The van der Waals surface area contributed by atoms with Crippen LogP contribution in [0.3, 0.4) is 0 Å². The Labute approximate surface area is 193 Å². The van der Waals surface area contributed by atoms with Gasteiger partial charge in [-0.15, -0.1) is 0 Å².